The third-order valence-electron chi connectivity index (χ3n) is 4.96. The molecule has 3 rings (SSSR count). The minimum atomic E-state index is -0.784. The Morgan fingerprint density at radius 3 is 2.56 bits per heavy atom. The van der Waals surface area contributed by atoms with Gasteiger partial charge in [0.05, 0.1) is 16.8 Å². The van der Waals surface area contributed by atoms with Gasteiger partial charge in [-0.1, -0.05) is 31.0 Å². The standard InChI is InChI=1S/C23H25N5O4/c29-20(28-32)12-3-1-2-10-19(27-22(30)17-9-5-13-24-15-17)23(31)26-18-11-4-7-16-8-6-14-25-21(16)18/h4-9,11,13-15,19,32H,1-3,10,12H2,(H,26,31)(H,27,30)(H,28,29). The van der Waals surface area contributed by atoms with Gasteiger partial charge >= 0.3 is 0 Å². The molecule has 0 spiro atoms. The fourth-order valence-electron chi connectivity index (χ4n) is 3.30. The quantitative estimate of drug-likeness (QED) is 0.220. The van der Waals surface area contributed by atoms with Crippen molar-refractivity contribution in [3.05, 3.63) is 66.6 Å². The van der Waals surface area contributed by atoms with Gasteiger partial charge in [0.1, 0.15) is 6.04 Å². The second kappa shape index (κ2) is 11.5. The van der Waals surface area contributed by atoms with Gasteiger partial charge in [0.2, 0.25) is 11.8 Å². The Morgan fingerprint density at radius 2 is 1.78 bits per heavy atom. The van der Waals surface area contributed by atoms with Crippen LogP contribution in [0.25, 0.3) is 10.9 Å². The molecule has 2 aromatic heterocycles. The molecule has 0 fully saturated rings. The number of para-hydroxylation sites is 1. The fourth-order valence-corrected chi connectivity index (χ4v) is 3.30. The van der Waals surface area contributed by atoms with Crippen molar-refractivity contribution in [3.63, 3.8) is 0 Å². The van der Waals surface area contributed by atoms with E-state index in [-0.39, 0.29) is 12.3 Å². The number of hydrogen-bond acceptors (Lipinski definition) is 6. The van der Waals surface area contributed by atoms with Crippen molar-refractivity contribution in [2.45, 2.75) is 38.1 Å². The Hall–Kier alpha value is -3.85. The molecule has 0 aliphatic heterocycles. The van der Waals surface area contributed by atoms with Gasteiger partial charge in [-0.15, -0.1) is 0 Å². The Kier molecular flexibility index (Phi) is 8.22. The van der Waals surface area contributed by atoms with E-state index in [9.17, 15) is 14.4 Å². The molecule has 1 atom stereocenters. The van der Waals surface area contributed by atoms with E-state index in [0.717, 1.165) is 5.39 Å². The molecule has 0 radical (unpaired) electrons. The summed E-state index contributed by atoms with van der Waals surface area (Å²) in [6.07, 6.45) is 7.07. The number of amides is 3. The van der Waals surface area contributed by atoms with Crippen LogP contribution in [-0.4, -0.2) is 38.9 Å². The lowest BCUT2D eigenvalue weighted by molar-refractivity contribution is -0.129. The molecule has 0 saturated carbocycles. The van der Waals surface area contributed by atoms with Crippen LogP contribution >= 0.6 is 0 Å². The van der Waals surface area contributed by atoms with E-state index in [1.165, 1.54) is 6.20 Å². The van der Waals surface area contributed by atoms with Crippen LogP contribution in [0.5, 0.6) is 0 Å². The van der Waals surface area contributed by atoms with Gasteiger partial charge < -0.3 is 10.6 Å². The van der Waals surface area contributed by atoms with Crippen LogP contribution in [0.15, 0.2) is 61.1 Å². The van der Waals surface area contributed by atoms with Crippen molar-refractivity contribution in [1.82, 2.24) is 20.8 Å². The summed E-state index contributed by atoms with van der Waals surface area (Å²) < 4.78 is 0. The first kappa shape index (κ1) is 22.8. The van der Waals surface area contributed by atoms with Gasteiger partial charge in [-0.05, 0) is 37.1 Å². The molecule has 166 valence electrons. The maximum absolute atomic E-state index is 13.1. The maximum Gasteiger partial charge on any atom is 0.253 e. The molecule has 3 aromatic rings. The van der Waals surface area contributed by atoms with Gasteiger partial charge in [0, 0.05) is 30.4 Å². The third kappa shape index (κ3) is 6.32. The number of fused-ring (bicyclic) bond motifs is 1. The van der Waals surface area contributed by atoms with Crippen molar-refractivity contribution in [2.24, 2.45) is 0 Å². The summed E-state index contributed by atoms with van der Waals surface area (Å²) in [5, 5.41) is 15.1. The average molecular weight is 435 g/mol. The predicted octanol–water partition coefficient (Wildman–Crippen LogP) is 2.82. The minimum absolute atomic E-state index is 0.192. The highest BCUT2D eigenvalue weighted by Gasteiger charge is 2.22. The molecule has 1 unspecified atom stereocenters. The van der Waals surface area contributed by atoms with Gasteiger partial charge in [0.25, 0.3) is 5.91 Å². The number of aromatic nitrogens is 2. The number of nitrogens with zero attached hydrogens (tertiary/aromatic N) is 2. The van der Waals surface area contributed by atoms with Crippen LogP contribution in [-0.2, 0) is 9.59 Å². The maximum atomic E-state index is 13.1. The summed E-state index contributed by atoms with van der Waals surface area (Å²) in [6.45, 7) is 0. The van der Waals surface area contributed by atoms with Gasteiger partial charge in [-0.2, -0.15) is 0 Å². The Bertz CT molecular complexity index is 1070. The third-order valence-corrected chi connectivity index (χ3v) is 4.96. The van der Waals surface area contributed by atoms with Crippen LogP contribution < -0.4 is 16.1 Å². The average Bonchev–Trinajstić information content (AvgIpc) is 2.83. The number of carbonyl (C=O) groups excluding carboxylic acids is 3. The van der Waals surface area contributed by atoms with Crippen molar-refractivity contribution < 1.29 is 19.6 Å². The van der Waals surface area contributed by atoms with Crippen molar-refractivity contribution in [1.29, 1.82) is 0 Å². The largest absolute Gasteiger partial charge is 0.340 e. The smallest absolute Gasteiger partial charge is 0.253 e. The molecule has 0 aliphatic rings. The number of anilines is 1. The highest BCUT2D eigenvalue weighted by atomic mass is 16.5. The zero-order chi connectivity index (χ0) is 22.8. The summed E-state index contributed by atoms with van der Waals surface area (Å²) in [5.41, 5.74) is 3.18. The number of unbranched alkanes of at least 4 members (excludes halogenated alkanes) is 2. The molecular weight excluding hydrogens is 410 g/mol. The predicted molar refractivity (Wildman–Crippen MR) is 119 cm³/mol. The second-order valence-electron chi connectivity index (χ2n) is 7.27. The summed E-state index contributed by atoms with van der Waals surface area (Å²) >= 11 is 0. The number of nitrogens with one attached hydrogen (secondary N) is 3. The highest BCUT2D eigenvalue weighted by Crippen LogP contribution is 2.21. The summed E-state index contributed by atoms with van der Waals surface area (Å²) in [7, 11) is 0. The molecule has 32 heavy (non-hydrogen) atoms. The molecule has 0 bridgehead atoms. The lowest BCUT2D eigenvalue weighted by atomic mass is 10.1. The molecule has 0 aliphatic carbocycles. The van der Waals surface area contributed by atoms with Crippen molar-refractivity contribution >= 4 is 34.3 Å². The van der Waals surface area contributed by atoms with Gasteiger partial charge in [-0.25, -0.2) is 5.48 Å². The summed E-state index contributed by atoms with van der Waals surface area (Å²) in [5.74, 6) is -1.20. The summed E-state index contributed by atoms with van der Waals surface area (Å²) in [6, 6.07) is 11.7. The molecule has 2 heterocycles. The Labute approximate surface area is 185 Å². The SMILES string of the molecule is O=C(CCCCCC(NC(=O)c1cccnc1)C(=O)Nc1cccc2cccnc12)NO. The van der Waals surface area contributed by atoms with Crippen LogP contribution in [0.4, 0.5) is 5.69 Å². The number of hydrogen-bond donors (Lipinski definition) is 4. The minimum Gasteiger partial charge on any atom is -0.340 e. The number of pyridine rings is 2. The molecule has 3 amide bonds. The van der Waals surface area contributed by atoms with Gasteiger partial charge in [-0.3, -0.25) is 29.6 Å². The van der Waals surface area contributed by atoms with E-state index < -0.39 is 17.9 Å². The number of rotatable bonds is 10. The fraction of sp³-hybridized carbons (Fsp3) is 0.261. The van der Waals surface area contributed by atoms with Crippen LogP contribution in [0.2, 0.25) is 0 Å². The molecule has 1 aromatic carbocycles. The van der Waals surface area contributed by atoms with E-state index in [4.69, 9.17) is 5.21 Å². The second-order valence-corrected chi connectivity index (χ2v) is 7.27. The Balaban J connectivity index is 1.69. The van der Waals surface area contributed by atoms with Crippen molar-refractivity contribution in [3.8, 4) is 0 Å². The van der Waals surface area contributed by atoms with Crippen LogP contribution in [0.3, 0.4) is 0 Å². The van der Waals surface area contributed by atoms with E-state index >= 15 is 0 Å². The first-order chi connectivity index (χ1) is 15.6. The molecular formula is C23H25N5O4. The topological polar surface area (TPSA) is 133 Å². The molecule has 0 saturated heterocycles. The first-order valence-corrected chi connectivity index (χ1v) is 10.4. The number of hydroxylamine groups is 1. The zero-order valence-electron chi connectivity index (χ0n) is 17.5. The monoisotopic (exact) mass is 435 g/mol. The number of carbonyl (C=O) groups is 3. The summed E-state index contributed by atoms with van der Waals surface area (Å²) in [4.78, 5) is 45.1. The number of benzene rings is 1. The van der Waals surface area contributed by atoms with Gasteiger partial charge in [0.15, 0.2) is 0 Å². The van der Waals surface area contributed by atoms with E-state index in [1.54, 1.807) is 36.1 Å². The molecule has 4 N–H and O–H groups in total. The lowest BCUT2D eigenvalue weighted by Gasteiger charge is -2.19. The molecule has 9 nitrogen and oxygen atoms in total. The van der Waals surface area contributed by atoms with Crippen LogP contribution in [0.1, 0.15) is 42.5 Å². The zero-order valence-corrected chi connectivity index (χ0v) is 17.5. The van der Waals surface area contributed by atoms with E-state index in [0.29, 0.717) is 42.5 Å². The Morgan fingerprint density at radius 1 is 0.969 bits per heavy atom. The normalized spacial score (nSPS) is 11.5. The van der Waals surface area contributed by atoms with E-state index in [1.807, 2.05) is 24.3 Å². The molecule has 9 heteroatoms. The lowest BCUT2D eigenvalue weighted by Crippen LogP contribution is -2.43. The van der Waals surface area contributed by atoms with Crippen molar-refractivity contribution in [2.75, 3.05) is 5.32 Å². The van der Waals surface area contributed by atoms with Crippen LogP contribution in [0, 0.1) is 0 Å². The van der Waals surface area contributed by atoms with E-state index in [2.05, 4.69) is 20.6 Å². The first-order valence-electron chi connectivity index (χ1n) is 10.4. The highest BCUT2D eigenvalue weighted by molar-refractivity contribution is 6.04.